The molecule has 2 aromatic rings. The van der Waals surface area contributed by atoms with Gasteiger partial charge in [0.05, 0.1) is 19.0 Å². The Bertz CT molecular complexity index is 1060. The summed E-state index contributed by atoms with van der Waals surface area (Å²) >= 11 is 0. The third-order valence-electron chi connectivity index (χ3n) is 5.13. The molecule has 0 fully saturated rings. The SMILES string of the molecule is CC(C)C(NC(=O)C(N)CC(=O)O)C(=O)NCC(=O)NC(Cc1c[nH]c2ccccc12)C(=O)O. The Morgan fingerprint density at radius 3 is 2.32 bits per heavy atom. The fraction of sp³-hybridized carbons (Fsp3) is 0.409. The summed E-state index contributed by atoms with van der Waals surface area (Å²) in [5.74, 6) is -5.11. The number of fused-ring (bicyclic) bond motifs is 1. The van der Waals surface area contributed by atoms with Crippen molar-refractivity contribution in [3.05, 3.63) is 36.0 Å². The maximum Gasteiger partial charge on any atom is 0.326 e. The Kier molecular flexibility index (Phi) is 9.13. The molecule has 12 heteroatoms. The lowest BCUT2D eigenvalue weighted by Crippen LogP contribution is -2.55. The number of aromatic nitrogens is 1. The highest BCUT2D eigenvalue weighted by Gasteiger charge is 2.28. The van der Waals surface area contributed by atoms with Crippen LogP contribution in [-0.4, -0.2) is 69.5 Å². The van der Waals surface area contributed by atoms with E-state index >= 15 is 0 Å². The molecule has 34 heavy (non-hydrogen) atoms. The quantitative estimate of drug-likeness (QED) is 0.209. The second-order valence-corrected chi connectivity index (χ2v) is 8.17. The summed E-state index contributed by atoms with van der Waals surface area (Å²) < 4.78 is 0. The molecule has 3 amide bonds. The van der Waals surface area contributed by atoms with Gasteiger partial charge in [0.25, 0.3) is 0 Å². The average Bonchev–Trinajstić information content (AvgIpc) is 3.17. The van der Waals surface area contributed by atoms with Gasteiger partial charge in [0, 0.05) is 23.5 Å². The molecule has 3 unspecified atom stereocenters. The summed E-state index contributed by atoms with van der Waals surface area (Å²) in [6.07, 6.45) is 1.11. The Labute approximate surface area is 195 Å². The number of carboxylic acids is 2. The van der Waals surface area contributed by atoms with E-state index in [0.717, 1.165) is 10.9 Å². The molecule has 8 N–H and O–H groups in total. The molecule has 0 aliphatic heterocycles. The lowest BCUT2D eigenvalue weighted by Gasteiger charge is -2.23. The fourth-order valence-electron chi connectivity index (χ4n) is 3.32. The molecule has 2 rings (SSSR count). The summed E-state index contributed by atoms with van der Waals surface area (Å²) in [5.41, 5.74) is 7.07. The minimum atomic E-state index is -1.34. The number of para-hydroxylation sites is 1. The van der Waals surface area contributed by atoms with E-state index < -0.39 is 66.7 Å². The zero-order valence-electron chi connectivity index (χ0n) is 18.8. The lowest BCUT2D eigenvalue weighted by atomic mass is 10.0. The Morgan fingerprint density at radius 2 is 1.71 bits per heavy atom. The van der Waals surface area contributed by atoms with Crippen LogP contribution in [0.4, 0.5) is 0 Å². The number of aliphatic carboxylic acids is 2. The van der Waals surface area contributed by atoms with Crippen LogP contribution >= 0.6 is 0 Å². The van der Waals surface area contributed by atoms with Crippen LogP contribution in [0.15, 0.2) is 30.5 Å². The van der Waals surface area contributed by atoms with E-state index in [2.05, 4.69) is 20.9 Å². The van der Waals surface area contributed by atoms with Crippen LogP contribution in [0.3, 0.4) is 0 Å². The number of carbonyl (C=O) groups is 5. The average molecular weight is 476 g/mol. The molecule has 184 valence electrons. The van der Waals surface area contributed by atoms with Gasteiger partial charge in [0.1, 0.15) is 12.1 Å². The number of hydrogen-bond donors (Lipinski definition) is 7. The van der Waals surface area contributed by atoms with Crippen LogP contribution in [0.25, 0.3) is 10.9 Å². The van der Waals surface area contributed by atoms with Crippen molar-refractivity contribution < 1.29 is 34.2 Å². The molecule has 0 bridgehead atoms. The number of carboxylic acid groups (broad SMARTS) is 2. The van der Waals surface area contributed by atoms with Crippen LogP contribution in [0.5, 0.6) is 0 Å². The van der Waals surface area contributed by atoms with Crippen molar-refractivity contribution in [2.24, 2.45) is 11.7 Å². The zero-order chi connectivity index (χ0) is 25.4. The predicted octanol–water partition coefficient (Wildman–Crippen LogP) is -0.661. The van der Waals surface area contributed by atoms with Crippen LogP contribution < -0.4 is 21.7 Å². The minimum absolute atomic E-state index is 0.0329. The van der Waals surface area contributed by atoms with Crippen LogP contribution in [0.1, 0.15) is 25.8 Å². The highest BCUT2D eigenvalue weighted by Crippen LogP contribution is 2.19. The second-order valence-electron chi connectivity index (χ2n) is 8.17. The number of aromatic amines is 1. The van der Waals surface area contributed by atoms with E-state index in [0.29, 0.717) is 5.56 Å². The van der Waals surface area contributed by atoms with Gasteiger partial charge in [-0.25, -0.2) is 4.79 Å². The molecule has 0 aliphatic rings. The van der Waals surface area contributed by atoms with E-state index in [4.69, 9.17) is 10.8 Å². The van der Waals surface area contributed by atoms with Crippen molar-refractivity contribution in [1.82, 2.24) is 20.9 Å². The van der Waals surface area contributed by atoms with E-state index in [9.17, 15) is 29.1 Å². The largest absolute Gasteiger partial charge is 0.481 e. The van der Waals surface area contributed by atoms with E-state index in [1.54, 1.807) is 20.0 Å². The molecule has 1 aromatic carbocycles. The first-order valence-electron chi connectivity index (χ1n) is 10.6. The topological polar surface area (TPSA) is 204 Å². The van der Waals surface area contributed by atoms with Crippen molar-refractivity contribution >= 4 is 40.6 Å². The number of nitrogens with one attached hydrogen (secondary N) is 4. The third kappa shape index (κ3) is 7.30. The summed E-state index contributed by atoms with van der Waals surface area (Å²) in [4.78, 5) is 62.4. The molecule has 3 atom stereocenters. The van der Waals surface area contributed by atoms with Gasteiger partial charge >= 0.3 is 11.9 Å². The maximum atomic E-state index is 12.5. The first-order valence-corrected chi connectivity index (χ1v) is 10.6. The highest BCUT2D eigenvalue weighted by atomic mass is 16.4. The normalized spacial score (nSPS) is 13.6. The van der Waals surface area contributed by atoms with Crippen molar-refractivity contribution in [3.8, 4) is 0 Å². The molecule has 0 radical (unpaired) electrons. The van der Waals surface area contributed by atoms with Gasteiger partial charge in [0.15, 0.2) is 0 Å². The number of amides is 3. The second kappa shape index (κ2) is 11.8. The van der Waals surface area contributed by atoms with E-state index in [1.165, 1.54) is 0 Å². The van der Waals surface area contributed by atoms with Gasteiger partial charge in [-0.2, -0.15) is 0 Å². The lowest BCUT2D eigenvalue weighted by molar-refractivity contribution is -0.141. The third-order valence-corrected chi connectivity index (χ3v) is 5.13. The molecule has 0 saturated carbocycles. The zero-order valence-corrected chi connectivity index (χ0v) is 18.8. The van der Waals surface area contributed by atoms with Gasteiger partial charge in [0.2, 0.25) is 17.7 Å². The summed E-state index contributed by atoms with van der Waals surface area (Å²) in [6, 6.07) is 3.72. The monoisotopic (exact) mass is 475 g/mol. The Hall–Kier alpha value is -3.93. The maximum absolute atomic E-state index is 12.5. The number of nitrogens with two attached hydrogens (primary N) is 1. The van der Waals surface area contributed by atoms with Crippen molar-refractivity contribution in [2.45, 2.75) is 44.8 Å². The molecule has 0 saturated heterocycles. The van der Waals surface area contributed by atoms with E-state index in [-0.39, 0.29) is 6.42 Å². The van der Waals surface area contributed by atoms with Gasteiger partial charge in [-0.3, -0.25) is 19.2 Å². The summed E-state index contributed by atoms with van der Waals surface area (Å²) in [5, 5.41) is 26.2. The predicted molar refractivity (Wildman–Crippen MR) is 122 cm³/mol. The first-order chi connectivity index (χ1) is 16.0. The first kappa shape index (κ1) is 26.3. The van der Waals surface area contributed by atoms with Gasteiger partial charge < -0.3 is 36.9 Å². The number of carbonyl (C=O) groups excluding carboxylic acids is 3. The number of hydrogen-bond acceptors (Lipinski definition) is 6. The Morgan fingerprint density at radius 1 is 1.03 bits per heavy atom. The van der Waals surface area contributed by atoms with E-state index in [1.807, 2.05) is 24.3 Å². The summed E-state index contributed by atoms with van der Waals surface area (Å²) in [6.45, 7) is 2.78. The Balaban J connectivity index is 1.95. The number of H-pyrrole nitrogens is 1. The molecule has 1 aromatic heterocycles. The van der Waals surface area contributed by atoms with Gasteiger partial charge in [-0.05, 0) is 17.5 Å². The van der Waals surface area contributed by atoms with Crippen molar-refractivity contribution in [2.75, 3.05) is 6.54 Å². The minimum Gasteiger partial charge on any atom is -0.481 e. The van der Waals surface area contributed by atoms with Crippen molar-refractivity contribution in [3.63, 3.8) is 0 Å². The molecule has 12 nitrogen and oxygen atoms in total. The smallest absolute Gasteiger partial charge is 0.326 e. The number of rotatable bonds is 12. The standard InChI is InChI=1S/C22H29N5O7/c1-11(2)19(27-20(31)14(23)8-18(29)30)21(32)25-10-17(28)26-16(22(33)34)7-12-9-24-15-6-4-3-5-13(12)15/h3-6,9,11,14,16,19,24H,7-8,10,23H2,1-2H3,(H,25,32)(H,26,28)(H,27,31)(H,29,30)(H,33,34). The van der Waals surface area contributed by atoms with Gasteiger partial charge in [-0.15, -0.1) is 0 Å². The molecule has 0 spiro atoms. The van der Waals surface area contributed by atoms with Crippen molar-refractivity contribution in [1.29, 1.82) is 0 Å². The summed E-state index contributed by atoms with van der Waals surface area (Å²) in [7, 11) is 0. The van der Waals surface area contributed by atoms with Crippen LogP contribution in [-0.2, 0) is 30.4 Å². The fourth-order valence-corrected chi connectivity index (χ4v) is 3.32. The van der Waals surface area contributed by atoms with Crippen LogP contribution in [0.2, 0.25) is 0 Å². The molecular formula is C22H29N5O7. The number of benzene rings is 1. The molecule has 1 heterocycles. The van der Waals surface area contributed by atoms with Crippen LogP contribution in [0, 0.1) is 5.92 Å². The molecule has 0 aliphatic carbocycles. The highest BCUT2D eigenvalue weighted by molar-refractivity contribution is 5.93. The molecular weight excluding hydrogens is 446 g/mol. The van der Waals surface area contributed by atoms with Gasteiger partial charge in [-0.1, -0.05) is 32.0 Å².